The number of carbonyl (C=O) groups excluding carboxylic acids is 2. The van der Waals surface area contributed by atoms with Crippen LogP contribution in [-0.2, 0) is 9.59 Å². The van der Waals surface area contributed by atoms with E-state index in [0.29, 0.717) is 12.1 Å². The minimum atomic E-state index is -0.889. The van der Waals surface area contributed by atoms with Crippen LogP contribution >= 0.6 is 11.6 Å². The molecule has 5 nitrogen and oxygen atoms in total. The highest BCUT2D eigenvalue weighted by molar-refractivity contribution is 6.30. The summed E-state index contributed by atoms with van der Waals surface area (Å²) in [5, 5.41) is -0.889. The number of aromatic nitrogens is 1. The number of nitrogens with zero attached hydrogens (tertiary/aromatic N) is 3. The lowest BCUT2D eigenvalue weighted by Gasteiger charge is -2.39. The summed E-state index contributed by atoms with van der Waals surface area (Å²) in [6.45, 7) is 2.34. The Bertz CT molecular complexity index is 1420. The van der Waals surface area contributed by atoms with E-state index >= 15 is 0 Å². The predicted molar refractivity (Wildman–Crippen MR) is 148 cm³/mol. The molecule has 4 aromatic rings. The maximum atomic E-state index is 14.2. The number of amides is 2. The number of carbonyl (C=O) groups is 2. The fraction of sp³-hybridized carbons (Fsp3) is 0.226. The van der Waals surface area contributed by atoms with Gasteiger partial charge in [0.1, 0.15) is 23.8 Å². The lowest BCUT2D eigenvalue weighted by Crippen LogP contribution is -2.47. The number of unbranched alkanes of at least 4 members (excludes halogenated alkanes) is 1. The van der Waals surface area contributed by atoms with Crippen molar-refractivity contribution in [1.82, 2.24) is 9.47 Å². The van der Waals surface area contributed by atoms with E-state index in [0.717, 1.165) is 35.5 Å². The zero-order chi connectivity index (χ0) is 26.6. The maximum Gasteiger partial charge on any atom is 0.247 e. The Labute approximate surface area is 227 Å². The Hall–Kier alpha value is -3.90. The summed E-state index contributed by atoms with van der Waals surface area (Å²) < 4.78 is 15.9. The van der Waals surface area contributed by atoms with E-state index in [1.807, 2.05) is 79.9 Å². The van der Waals surface area contributed by atoms with Crippen molar-refractivity contribution in [2.45, 2.75) is 31.2 Å². The zero-order valence-corrected chi connectivity index (χ0v) is 21.9. The summed E-state index contributed by atoms with van der Waals surface area (Å²) in [5.41, 5.74) is 3.95. The summed E-state index contributed by atoms with van der Waals surface area (Å²) in [6.07, 6.45) is 3.58. The van der Waals surface area contributed by atoms with Crippen molar-refractivity contribution in [3.05, 3.63) is 120 Å². The van der Waals surface area contributed by atoms with Gasteiger partial charge in [-0.2, -0.15) is 0 Å². The fourth-order valence-corrected chi connectivity index (χ4v) is 5.29. The van der Waals surface area contributed by atoms with E-state index < -0.39 is 11.4 Å². The molecule has 1 aliphatic heterocycles. The Balaban J connectivity index is 1.52. The molecular weight excluding hydrogens is 501 g/mol. The Morgan fingerprint density at radius 2 is 1.61 bits per heavy atom. The van der Waals surface area contributed by atoms with E-state index in [-0.39, 0.29) is 24.2 Å². The Kier molecular flexibility index (Phi) is 7.61. The third-order valence-corrected chi connectivity index (χ3v) is 7.34. The third kappa shape index (κ3) is 4.96. The monoisotopic (exact) mass is 529 g/mol. The van der Waals surface area contributed by atoms with E-state index in [9.17, 15) is 14.0 Å². The summed E-state index contributed by atoms with van der Waals surface area (Å²) in [6, 6.07) is 26.5. The highest BCUT2D eigenvalue weighted by Gasteiger charge is 2.37. The molecular formula is C31H29ClFN3O2. The molecule has 2 atom stereocenters. The van der Waals surface area contributed by atoms with Crippen LogP contribution in [0.15, 0.2) is 97.2 Å². The average molecular weight is 530 g/mol. The molecule has 2 unspecified atom stereocenters. The van der Waals surface area contributed by atoms with Gasteiger partial charge in [-0.25, -0.2) is 4.39 Å². The highest BCUT2D eigenvalue weighted by Crippen LogP contribution is 2.42. The van der Waals surface area contributed by atoms with Crippen LogP contribution in [0.4, 0.5) is 10.1 Å². The number of alkyl halides is 1. The molecule has 0 bridgehead atoms. The Morgan fingerprint density at radius 1 is 0.921 bits per heavy atom. The first kappa shape index (κ1) is 25.7. The molecule has 0 saturated carbocycles. The summed E-state index contributed by atoms with van der Waals surface area (Å²) in [4.78, 5) is 31.0. The quantitative estimate of drug-likeness (QED) is 0.239. The molecule has 3 aromatic carbocycles. The SMILES string of the molecule is CCCCN(CC(=O)N1c2ccccc2-n2cccc2C1c1ccc(F)cc1)C(=O)C(Cl)c1ccccc1. The van der Waals surface area contributed by atoms with Gasteiger partial charge in [0.15, 0.2) is 0 Å². The van der Waals surface area contributed by atoms with E-state index in [4.69, 9.17) is 11.6 Å². The number of rotatable bonds is 8. The molecule has 0 saturated heterocycles. The highest BCUT2D eigenvalue weighted by atomic mass is 35.5. The van der Waals surface area contributed by atoms with Gasteiger partial charge in [-0.15, -0.1) is 11.6 Å². The smallest absolute Gasteiger partial charge is 0.247 e. The number of benzene rings is 3. The van der Waals surface area contributed by atoms with Gasteiger partial charge in [0.05, 0.1) is 17.1 Å². The molecule has 1 aliphatic rings. The standard InChI is InChI=1S/C31H29ClFN3O2/c1-2-3-19-34(31(38)29(32)22-10-5-4-6-11-22)21-28(37)36-26-13-8-7-12-25(26)35-20-9-14-27(35)30(36)23-15-17-24(33)18-16-23/h4-18,20,29-30H,2-3,19,21H2,1H3. The minimum Gasteiger partial charge on any atom is -0.332 e. The van der Waals surface area contributed by atoms with Gasteiger partial charge < -0.3 is 9.47 Å². The zero-order valence-electron chi connectivity index (χ0n) is 21.1. The normalized spacial score (nSPS) is 14.9. The van der Waals surface area contributed by atoms with Crippen LogP contribution in [-0.4, -0.2) is 34.4 Å². The van der Waals surface area contributed by atoms with Crippen molar-refractivity contribution < 1.29 is 14.0 Å². The summed E-state index contributed by atoms with van der Waals surface area (Å²) in [7, 11) is 0. The second-order valence-electron chi connectivity index (χ2n) is 9.40. The number of anilines is 1. The van der Waals surface area contributed by atoms with Crippen LogP contribution in [0.3, 0.4) is 0 Å². The molecule has 0 fully saturated rings. The van der Waals surface area contributed by atoms with Gasteiger partial charge in [-0.3, -0.25) is 14.5 Å². The van der Waals surface area contributed by atoms with Crippen molar-refractivity contribution >= 4 is 29.1 Å². The maximum absolute atomic E-state index is 14.2. The molecule has 2 heterocycles. The van der Waals surface area contributed by atoms with Gasteiger partial charge in [0.25, 0.3) is 0 Å². The van der Waals surface area contributed by atoms with Gasteiger partial charge in [0.2, 0.25) is 11.8 Å². The number of para-hydroxylation sites is 2. The van der Waals surface area contributed by atoms with Crippen LogP contribution in [0.25, 0.3) is 5.69 Å². The van der Waals surface area contributed by atoms with E-state index in [2.05, 4.69) is 4.57 Å². The number of hydrogen-bond acceptors (Lipinski definition) is 2. The first-order chi connectivity index (χ1) is 18.5. The fourth-order valence-electron chi connectivity index (χ4n) is 5.00. The third-order valence-electron chi connectivity index (χ3n) is 6.90. The lowest BCUT2D eigenvalue weighted by atomic mass is 9.97. The predicted octanol–water partition coefficient (Wildman–Crippen LogP) is 6.66. The number of fused-ring (bicyclic) bond motifs is 3. The molecule has 5 rings (SSSR count). The van der Waals surface area contributed by atoms with Crippen LogP contribution in [0.5, 0.6) is 0 Å². The molecule has 0 radical (unpaired) electrons. The molecule has 194 valence electrons. The number of hydrogen-bond donors (Lipinski definition) is 0. The Morgan fingerprint density at radius 3 is 2.32 bits per heavy atom. The van der Waals surface area contributed by atoms with Gasteiger partial charge in [-0.1, -0.05) is 67.9 Å². The van der Waals surface area contributed by atoms with Crippen LogP contribution in [0.1, 0.15) is 48.0 Å². The average Bonchev–Trinajstić information content (AvgIpc) is 3.45. The molecule has 38 heavy (non-hydrogen) atoms. The van der Waals surface area contributed by atoms with Gasteiger partial charge >= 0.3 is 0 Å². The van der Waals surface area contributed by atoms with Crippen LogP contribution < -0.4 is 4.90 Å². The largest absolute Gasteiger partial charge is 0.332 e. The summed E-state index contributed by atoms with van der Waals surface area (Å²) in [5.74, 6) is -0.879. The molecule has 0 spiro atoms. The van der Waals surface area contributed by atoms with E-state index in [1.54, 1.807) is 21.9 Å². The number of halogens is 2. The van der Waals surface area contributed by atoms with E-state index in [1.165, 1.54) is 12.1 Å². The second kappa shape index (κ2) is 11.2. The topological polar surface area (TPSA) is 45.6 Å². The van der Waals surface area contributed by atoms with Gasteiger partial charge in [-0.05, 0) is 53.9 Å². The second-order valence-corrected chi connectivity index (χ2v) is 9.83. The molecule has 7 heteroatoms. The molecule has 2 amide bonds. The van der Waals surface area contributed by atoms with Crippen molar-refractivity contribution in [2.24, 2.45) is 0 Å². The van der Waals surface area contributed by atoms with Crippen molar-refractivity contribution in [2.75, 3.05) is 18.0 Å². The van der Waals surface area contributed by atoms with Crippen molar-refractivity contribution in [1.29, 1.82) is 0 Å². The molecule has 0 aliphatic carbocycles. The lowest BCUT2D eigenvalue weighted by molar-refractivity contribution is -0.135. The van der Waals surface area contributed by atoms with Gasteiger partial charge in [0, 0.05) is 12.7 Å². The summed E-state index contributed by atoms with van der Waals surface area (Å²) >= 11 is 6.62. The first-order valence-corrected chi connectivity index (χ1v) is 13.2. The van der Waals surface area contributed by atoms with Crippen molar-refractivity contribution in [3.8, 4) is 5.69 Å². The molecule has 0 N–H and O–H groups in total. The van der Waals surface area contributed by atoms with Crippen LogP contribution in [0.2, 0.25) is 0 Å². The minimum absolute atomic E-state index is 0.123. The van der Waals surface area contributed by atoms with Crippen molar-refractivity contribution in [3.63, 3.8) is 0 Å². The molecule has 1 aromatic heterocycles. The van der Waals surface area contributed by atoms with Crippen LogP contribution in [0, 0.1) is 5.82 Å². The first-order valence-electron chi connectivity index (χ1n) is 12.8.